The first kappa shape index (κ1) is 36.8. The third-order valence-electron chi connectivity index (χ3n) is 13.1. The van der Waals surface area contributed by atoms with Crippen molar-refractivity contribution in [2.24, 2.45) is 0 Å². The fraction of sp³-hybridized carbons (Fsp3) is 0. The summed E-state index contributed by atoms with van der Waals surface area (Å²) in [4.78, 5) is 0. The Hall–Kier alpha value is -7.98. The normalized spacial score (nSPS) is 11.8. The van der Waals surface area contributed by atoms with Gasteiger partial charge in [-0.05, 0) is 79.9 Å². The Bertz CT molecular complexity index is 3460. The van der Waals surface area contributed by atoms with Crippen LogP contribution in [-0.2, 0) is 0 Å². The molecule has 0 radical (unpaired) electrons. The second-order valence-electron chi connectivity index (χ2n) is 16.4. The zero-order valence-electron chi connectivity index (χ0n) is 34.6. The Morgan fingerprint density at radius 3 is 1.29 bits per heavy atom. The number of rotatable bonds is 8. The zero-order chi connectivity index (χ0) is 41.7. The minimum atomic E-state index is -2.86. The summed E-state index contributed by atoms with van der Waals surface area (Å²) in [5, 5.41) is 10.4. The first-order valence-electron chi connectivity index (χ1n) is 21.8. The van der Waals surface area contributed by atoms with E-state index in [4.69, 9.17) is 0 Å². The van der Waals surface area contributed by atoms with Gasteiger partial charge in [0, 0.05) is 32.8 Å². The van der Waals surface area contributed by atoms with Crippen LogP contribution in [0.15, 0.2) is 255 Å². The molecule has 0 atom stereocenters. The molecule has 63 heavy (non-hydrogen) atoms. The summed E-state index contributed by atoms with van der Waals surface area (Å²) in [5.41, 5.74) is 11.9. The molecule has 0 amide bonds. The molecule has 2 aromatic heterocycles. The molecule has 2 nitrogen and oxygen atoms in total. The average Bonchev–Trinajstić information content (AvgIpc) is 3.88. The van der Waals surface area contributed by atoms with Gasteiger partial charge < -0.3 is 9.13 Å². The molecule has 0 unspecified atom stereocenters. The maximum absolute atomic E-state index is 2.86. The molecule has 0 saturated carbocycles. The highest BCUT2D eigenvalue weighted by Crippen LogP contribution is 2.40. The number of aromatic nitrogens is 2. The van der Waals surface area contributed by atoms with Gasteiger partial charge in [0.1, 0.15) is 0 Å². The van der Waals surface area contributed by atoms with Crippen molar-refractivity contribution in [1.82, 2.24) is 9.13 Å². The predicted molar refractivity (Wildman–Crippen MR) is 270 cm³/mol. The highest BCUT2D eigenvalue weighted by atomic mass is 28.3. The van der Waals surface area contributed by atoms with Crippen molar-refractivity contribution < 1.29 is 0 Å². The predicted octanol–water partition coefficient (Wildman–Crippen LogP) is 12.6. The molecule has 0 bridgehead atoms. The van der Waals surface area contributed by atoms with E-state index in [0.29, 0.717) is 0 Å². The van der Waals surface area contributed by atoms with E-state index in [9.17, 15) is 0 Å². The maximum atomic E-state index is 2.50. The van der Waals surface area contributed by atoms with Gasteiger partial charge in [-0.25, -0.2) is 0 Å². The van der Waals surface area contributed by atoms with Gasteiger partial charge >= 0.3 is 0 Å². The molecule has 0 aliphatic carbocycles. The van der Waals surface area contributed by atoms with Crippen molar-refractivity contribution in [3.8, 4) is 33.6 Å². The fourth-order valence-corrected chi connectivity index (χ4v) is 15.4. The lowest BCUT2D eigenvalue weighted by atomic mass is 9.97. The van der Waals surface area contributed by atoms with Crippen LogP contribution in [-0.4, -0.2) is 17.2 Å². The van der Waals surface area contributed by atoms with Gasteiger partial charge in [-0.2, -0.15) is 0 Å². The van der Waals surface area contributed by atoms with Crippen molar-refractivity contribution >= 4 is 72.4 Å². The number of fused-ring (bicyclic) bond motifs is 6. The summed E-state index contributed by atoms with van der Waals surface area (Å²) in [6.07, 6.45) is 0. The van der Waals surface area contributed by atoms with Gasteiger partial charge in [0.2, 0.25) is 0 Å². The van der Waals surface area contributed by atoms with E-state index in [2.05, 4.69) is 264 Å². The molecule has 0 aliphatic rings. The smallest absolute Gasteiger partial charge is 0.180 e. The van der Waals surface area contributed by atoms with Gasteiger partial charge in [0.05, 0.1) is 27.8 Å². The van der Waals surface area contributed by atoms with Crippen LogP contribution in [0, 0.1) is 0 Å². The van der Waals surface area contributed by atoms with Crippen molar-refractivity contribution in [3.05, 3.63) is 255 Å². The van der Waals surface area contributed by atoms with Crippen molar-refractivity contribution in [1.29, 1.82) is 0 Å². The van der Waals surface area contributed by atoms with E-state index >= 15 is 0 Å². The highest BCUT2D eigenvalue weighted by molar-refractivity contribution is 7.20. The molecule has 0 aliphatic heterocycles. The largest absolute Gasteiger partial charge is 0.309 e. The van der Waals surface area contributed by atoms with Crippen LogP contribution in [0.1, 0.15) is 0 Å². The Morgan fingerprint density at radius 1 is 0.270 bits per heavy atom. The van der Waals surface area contributed by atoms with E-state index in [1.54, 1.807) is 0 Å². The number of benzene rings is 10. The zero-order valence-corrected chi connectivity index (χ0v) is 35.6. The highest BCUT2D eigenvalue weighted by Gasteiger charge is 2.42. The Morgan fingerprint density at radius 2 is 0.714 bits per heavy atom. The van der Waals surface area contributed by atoms with Crippen molar-refractivity contribution in [3.63, 3.8) is 0 Å². The van der Waals surface area contributed by atoms with Crippen molar-refractivity contribution in [2.75, 3.05) is 0 Å². The monoisotopic (exact) mass is 818 g/mol. The molecular formula is C60H42N2Si. The molecule has 12 aromatic rings. The maximum Gasteiger partial charge on any atom is 0.180 e. The third kappa shape index (κ3) is 5.85. The van der Waals surface area contributed by atoms with Crippen LogP contribution >= 0.6 is 0 Å². The molecule has 12 rings (SSSR count). The second kappa shape index (κ2) is 15.2. The standard InChI is InChI=1S/C60H42N2Si/c1-5-21-43(22-6-1)49-39-37-44(50-29-16-20-36-60(50)63(46-23-7-2-8-24-46,47-25-9-3-10-26-47)48-27-11-4-12-28-48)41-59(49)62-57-35-19-15-32-53(57)54-42-45(38-40-58(54)62)61-55-33-17-13-30-51(55)52-31-14-18-34-56(52)61/h1-42H. The van der Waals surface area contributed by atoms with Gasteiger partial charge in [0.25, 0.3) is 0 Å². The first-order chi connectivity index (χ1) is 31.3. The van der Waals surface area contributed by atoms with E-state index in [1.807, 2.05) is 0 Å². The van der Waals surface area contributed by atoms with Gasteiger partial charge in [-0.15, -0.1) is 0 Å². The number of para-hydroxylation sites is 3. The lowest BCUT2D eigenvalue weighted by molar-refractivity contribution is 1.17. The second-order valence-corrected chi connectivity index (χ2v) is 20.2. The minimum absolute atomic E-state index is 1.15. The van der Waals surface area contributed by atoms with Gasteiger partial charge in [-0.1, -0.05) is 212 Å². The van der Waals surface area contributed by atoms with E-state index in [0.717, 1.165) is 11.4 Å². The summed E-state index contributed by atoms with van der Waals surface area (Å²) >= 11 is 0. The summed E-state index contributed by atoms with van der Waals surface area (Å²) in [5.74, 6) is 0. The van der Waals surface area contributed by atoms with Crippen LogP contribution in [0.2, 0.25) is 0 Å². The quantitative estimate of drug-likeness (QED) is 0.107. The van der Waals surface area contributed by atoms with Crippen LogP contribution in [0.4, 0.5) is 0 Å². The SMILES string of the molecule is c1ccc(-c2ccc(-c3ccccc3[Si](c3ccccc3)(c3ccccc3)c3ccccc3)cc2-n2c3ccccc3c3cc(-n4c5ccccc5c5ccccc54)ccc32)cc1. The average molecular weight is 819 g/mol. The third-order valence-corrected chi connectivity index (χ3v) is 17.9. The summed E-state index contributed by atoms with van der Waals surface area (Å²) in [7, 11) is -2.86. The van der Waals surface area contributed by atoms with Crippen LogP contribution in [0.25, 0.3) is 77.2 Å². The Balaban J connectivity index is 1.13. The summed E-state index contributed by atoms with van der Waals surface area (Å²) in [6, 6.07) is 94.3. The Labute approximate surface area is 368 Å². The lowest BCUT2D eigenvalue weighted by Gasteiger charge is -2.36. The summed E-state index contributed by atoms with van der Waals surface area (Å²) < 4.78 is 4.93. The molecule has 0 N–H and O–H groups in total. The molecule has 0 saturated heterocycles. The van der Waals surface area contributed by atoms with Crippen LogP contribution in [0.3, 0.4) is 0 Å². The molecule has 10 aromatic carbocycles. The molecule has 2 heterocycles. The van der Waals surface area contributed by atoms with E-state index in [-0.39, 0.29) is 0 Å². The van der Waals surface area contributed by atoms with Crippen molar-refractivity contribution in [2.45, 2.75) is 0 Å². The summed E-state index contributed by atoms with van der Waals surface area (Å²) in [6.45, 7) is 0. The fourth-order valence-electron chi connectivity index (χ4n) is 10.4. The molecule has 3 heteroatoms. The van der Waals surface area contributed by atoms with E-state index < -0.39 is 8.07 Å². The van der Waals surface area contributed by atoms with Gasteiger partial charge in [0.15, 0.2) is 8.07 Å². The van der Waals surface area contributed by atoms with Crippen LogP contribution < -0.4 is 20.7 Å². The number of hydrogen-bond acceptors (Lipinski definition) is 0. The Kier molecular flexibility index (Phi) is 8.87. The minimum Gasteiger partial charge on any atom is -0.309 e. The number of hydrogen-bond donors (Lipinski definition) is 0. The van der Waals surface area contributed by atoms with Gasteiger partial charge in [-0.3, -0.25) is 0 Å². The topological polar surface area (TPSA) is 9.86 Å². The first-order valence-corrected chi connectivity index (χ1v) is 23.8. The number of nitrogens with zero attached hydrogens (tertiary/aromatic N) is 2. The van der Waals surface area contributed by atoms with E-state index in [1.165, 1.54) is 86.6 Å². The lowest BCUT2D eigenvalue weighted by Crippen LogP contribution is -2.75. The molecular weight excluding hydrogens is 777 g/mol. The van der Waals surface area contributed by atoms with Crippen LogP contribution in [0.5, 0.6) is 0 Å². The molecule has 296 valence electrons. The molecule has 0 fully saturated rings. The molecule has 0 spiro atoms.